The lowest BCUT2D eigenvalue weighted by Gasteiger charge is -2.17. The van der Waals surface area contributed by atoms with Crippen molar-refractivity contribution < 1.29 is 24.2 Å². The highest BCUT2D eigenvalue weighted by molar-refractivity contribution is 5.84. The molecule has 3 aromatic rings. The number of carbonyl (C=O) groups excluding carboxylic acids is 1. The first-order chi connectivity index (χ1) is 15.5. The van der Waals surface area contributed by atoms with E-state index < -0.39 is 18.2 Å². The van der Waals surface area contributed by atoms with E-state index in [0.29, 0.717) is 19.3 Å². The quantitative estimate of drug-likeness (QED) is 0.231. The van der Waals surface area contributed by atoms with Crippen molar-refractivity contribution >= 4 is 16.9 Å². The molecular formula is C27H32O5. The number of aryl methyl sites for hydroxylation is 2. The van der Waals surface area contributed by atoms with Crippen LogP contribution in [0.2, 0.25) is 0 Å². The van der Waals surface area contributed by atoms with Gasteiger partial charge in [-0.2, -0.15) is 0 Å². The van der Waals surface area contributed by atoms with Crippen molar-refractivity contribution in [2.24, 2.45) is 0 Å². The number of carbonyl (C=O) groups is 1. The molecule has 0 aliphatic carbocycles. The number of hydrogen-bond donors (Lipinski definition) is 2. The Morgan fingerprint density at radius 3 is 2.59 bits per heavy atom. The molecule has 2 aromatic carbocycles. The fraction of sp³-hybridized carbons (Fsp3) is 0.370. The van der Waals surface area contributed by atoms with E-state index >= 15 is 0 Å². The SMILES string of the molecule is C=CC(=O)OCCCC(O)C(O)CCCc1ccc2cc(-c3ccccc3CC)oc2c1. The maximum atomic E-state index is 11.0. The topological polar surface area (TPSA) is 79.9 Å². The zero-order valence-corrected chi connectivity index (χ0v) is 18.6. The van der Waals surface area contributed by atoms with Gasteiger partial charge in [0.25, 0.3) is 0 Å². The van der Waals surface area contributed by atoms with Gasteiger partial charge in [0.2, 0.25) is 0 Å². The summed E-state index contributed by atoms with van der Waals surface area (Å²) in [6.07, 6.45) is 3.35. The van der Waals surface area contributed by atoms with E-state index in [1.54, 1.807) is 0 Å². The van der Waals surface area contributed by atoms with E-state index in [9.17, 15) is 15.0 Å². The Kier molecular flexibility index (Phi) is 8.65. The molecule has 0 bridgehead atoms. The van der Waals surface area contributed by atoms with Crippen LogP contribution in [0.4, 0.5) is 0 Å². The highest BCUT2D eigenvalue weighted by atomic mass is 16.5. The summed E-state index contributed by atoms with van der Waals surface area (Å²) in [4.78, 5) is 11.0. The molecule has 5 nitrogen and oxygen atoms in total. The molecule has 0 spiro atoms. The molecule has 170 valence electrons. The first kappa shape index (κ1) is 23.8. The Balaban J connectivity index is 1.51. The normalized spacial score (nSPS) is 13.1. The van der Waals surface area contributed by atoms with Crippen LogP contribution in [0.25, 0.3) is 22.3 Å². The molecule has 1 heterocycles. The van der Waals surface area contributed by atoms with E-state index in [1.165, 1.54) is 5.56 Å². The third kappa shape index (κ3) is 6.31. The summed E-state index contributed by atoms with van der Waals surface area (Å²) in [7, 11) is 0. The number of benzene rings is 2. The number of esters is 1. The molecule has 0 radical (unpaired) electrons. The average molecular weight is 437 g/mol. The molecule has 5 heteroatoms. The van der Waals surface area contributed by atoms with Crippen molar-refractivity contribution in [1.82, 2.24) is 0 Å². The molecule has 2 N–H and O–H groups in total. The van der Waals surface area contributed by atoms with Crippen LogP contribution in [0, 0.1) is 0 Å². The van der Waals surface area contributed by atoms with Crippen molar-refractivity contribution in [1.29, 1.82) is 0 Å². The zero-order chi connectivity index (χ0) is 22.9. The van der Waals surface area contributed by atoms with Gasteiger partial charge in [-0.15, -0.1) is 0 Å². The summed E-state index contributed by atoms with van der Waals surface area (Å²) >= 11 is 0. The van der Waals surface area contributed by atoms with Crippen molar-refractivity contribution in [3.8, 4) is 11.3 Å². The number of hydrogen-bond acceptors (Lipinski definition) is 5. The van der Waals surface area contributed by atoms with Crippen LogP contribution in [0.15, 0.2) is 65.6 Å². The number of rotatable bonds is 12. The van der Waals surface area contributed by atoms with Crippen LogP contribution in [-0.2, 0) is 22.4 Å². The van der Waals surface area contributed by atoms with E-state index in [1.807, 2.05) is 12.1 Å². The van der Waals surface area contributed by atoms with Gasteiger partial charge in [-0.1, -0.05) is 49.9 Å². The van der Waals surface area contributed by atoms with Crippen LogP contribution in [0.3, 0.4) is 0 Å². The number of fused-ring (bicyclic) bond motifs is 1. The maximum absolute atomic E-state index is 11.0. The summed E-state index contributed by atoms with van der Waals surface area (Å²) in [5, 5.41) is 21.4. The average Bonchev–Trinajstić information content (AvgIpc) is 3.24. The molecule has 0 amide bonds. The van der Waals surface area contributed by atoms with Crippen LogP contribution >= 0.6 is 0 Å². The van der Waals surface area contributed by atoms with Crippen molar-refractivity contribution in [2.75, 3.05) is 6.61 Å². The minimum Gasteiger partial charge on any atom is -0.463 e. The Labute approximate surface area is 189 Å². The van der Waals surface area contributed by atoms with Crippen molar-refractivity contribution in [3.05, 3.63) is 72.3 Å². The maximum Gasteiger partial charge on any atom is 0.330 e. The van der Waals surface area contributed by atoms with Gasteiger partial charge < -0.3 is 19.4 Å². The molecule has 2 unspecified atom stereocenters. The van der Waals surface area contributed by atoms with Crippen LogP contribution < -0.4 is 0 Å². The molecule has 0 fully saturated rings. The third-order valence-corrected chi connectivity index (χ3v) is 5.71. The lowest BCUT2D eigenvalue weighted by Crippen LogP contribution is -2.26. The van der Waals surface area contributed by atoms with E-state index in [4.69, 9.17) is 9.15 Å². The Morgan fingerprint density at radius 2 is 1.84 bits per heavy atom. The van der Waals surface area contributed by atoms with Gasteiger partial charge >= 0.3 is 5.97 Å². The highest BCUT2D eigenvalue weighted by Gasteiger charge is 2.16. The van der Waals surface area contributed by atoms with E-state index in [-0.39, 0.29) is 6.61 Å². The molecule has 1 aromatic heterocycles. The Morgan fingerprint density at radius 1 is 1.09 bits per heavy atom. The fourth-order valence-electron chi connectivity index (χ4n) is 3.86. The standard InChI is InChI=1S/C27H32O5/c1-3-20-10-5-6-11-22(20)26-18-21-15-14-19(17-25(21)32-26)9-7-12-23(28)24(29)13-8-16-31-27(30)4-2/h4-6,10-11,14-15,17-18,23-24,28-29H,2-3,7-9,12-13,16H2,1H3. The molecule has 2 atom stereocenters. The Bertz CT molecular complexity index is 1040. The minimum absolute atomic E-state index is 0.211. The van der Waals surface area contributed by atoms with Crippen LogP contribution in [0.1, 0.15) is 43.7 Å². The number of ether oxygens (including phenoxy) is 1. The number of furan rings is 1. The van der Waals surface area contributed by atoms with Crippen LogP contribution in [-0.4, -0.2) is 35.0 Å². The lowest BCUT2D eigenvalue weighted by atomic mass is 10.0. The molecule has 3 rings (SSSR count). The van der Waals surface area contributed by atoms with Gasteiger partial charge in [-0.3, -0.25) is 0 Å². The fourth-order valence-corrected chi connectivity index (χ4v) is 3.86. The third-order valence-electron chi connectivity index (χ3n) is 5.71. The highest BCUT2D eigenvalue weighted by Crippen LogP contribution is 2.31. The summed E-state index contributed by atoms with van der Waals surface area (Å²) in [5.74, 6) is 0.405. The second-order valence-electron chi connectivity index (χ2n) is 8.03. The molecule has 0 saturated heterocycles. The summed E-state index contributed by atoms with van der Waals surface area (Å²) < 4.78 is 11.0. The summed E-state index contributed by atoms with van der Waals surface area (Å²) in [6, 6.07) is 16.6. The number of aliphatic hydroxyl groups is 2. The van der Waals surface area contributed by atoms with Gasteiger partial charge in [-0.25, -0.2) is 4.79 Å². The molecule has 0 saturated carbocycles. The smallest absolute Gasteiger partial charge is 0.330 e. The van der Waals surface area contributed by atoms with Gasteiger partial charge in [0, 0.05) is 17.0 Å². The largest absolute Gasteiger partial charge is 0.463 e. The van der Waals surface area contributed by atoms with Crippen molar-refractivity contribution in [3.63, 3.8) is 0 Å². The van der Waals surface area contributed by atoms with Crippen LogP contribution in [0.5, 0.6) is 0 Å². The first-order valence-electron chi connectivity index (χ1n) is 11.3. The van der Waals surface area contributed by atoms with Gasteiger partial charge in [0.1, 0.15) is 11.3 Å². The van der Waals surface area contributed by atoms with Gasteiger partial charge in [0.05, 0.1) is 18.8 Å². The predicted octanol–water partition coefficient (Wildman–Crippen LogP) is 5.22. The summed E-state index contributed by atoms with van der Waals surface area (Å²) in [5.41, 5.74) is 4.39. The zero-order valence-electron chi connectivity index (χ0n) is 18.6. The molecule has 0 aliphatic heterocycles. The molecular weight excluding hydrogens is 404 g/mol. The predicted molar refractivity (Wildman–Crippen MR) is 126 cm³/mol. The second-order valence-corrected chi connectivity index (χ2v) is 8.03. The van der Waals surface area contributed by atoms with Gasteiger partial charge in [0.15, 0.2) is 0 Å². The minimum atomic E-state index is -0.828. The first-order valence-corrected chi connectivity index (χ1v) is 11.3. The van der Waals surface area contributed by atoms with Crippen molar-refractivity contribution in [2.45, 2.75) is 57.7 Å². The lowest BCUT2D eigenvalue weighted by molar-refractivity contribution is -0.138. The Hall–Kier alpha value is -2.89. The monoisotopic (exact) mass is 436 g/mol. The summed E-state index contributed by atoms with van der Waals surface area (Å²) in [6.45, 7) is 5.68. The van der Waals surface area contributed by atoms with E-state index in [2.05, 4.69) is 49.9 Å². The molecule has 32 heavy (non-hydrogen) atoms. The van der Waals surface area contributed by atoms with Gasteiger partial charge in [-0.05, 0) is 61.8 Å². The van der Waals surface area contributed by atoms with E-state index in [0.717, 1.165) is 53.2 Å². The second kappa shape index (κ2) is 11.7. The number of aliphatic hydroxyl groups excluding tert-OH is 2. The molecule has 0 aliphatic rings.